The van der Waals surface area contributed by atoms with Gasteiger partial charge in [-0.1, -0.05) is 17.7 Å². The molecule has 0 bridgehead atoms. The number of piperidine rings is 1. The highest BCUT2D eigenvalue weighted by atomic mass is 35.5. The predicted octanol–water partition coefficient (Wildman–Crippen LogP) is 3.05. The molecule has 2 aliphatic rings. The number of carbonyl (C=O) groups excluding carboxylic acids is 1. The molecule has 1 aromatic rings. The molecular formula is C18H25ClN2O2. The van der Waals surface area contributed by atoms with Gasteiger partial charge in [0.25, 0.3) is 5.91 Å². The fraction of sp³-hybridized carbons (Fsp3) is 0.611. The van der Waals surface area contributed by atoms with Crippen molar-refractivity contribution in [3.63, 3.8) is 0 Å². The highest BCUT2D eigenvalue weighted by Crippen LogP contribution is 2.23. The van der Waals surface area contributed by atoms with Gasteiger partial charge in [0.15, 0.2) is 0 Å². The van der Waals surface area contributed by atoms with Crippen LogP contribution in [0.1, 0.15) is 37.0 Å². The molecule has 0 radical (unpaired) electrons. The molecule has 0 aliphatic carbocycles. The number of amides is 1. The van der Waals surface area contributed by atoms with E-state index in [1.165, 1.54) is 0 Å². The van der Waals surface area contributed by atoms with E-state index in [4.69, 9.17) is 16.3 Å². The van der Waals surface area contributed by atoms with Crippen LogP contribution >= 0.6 is 11.6 Å². The third-order valence-electron chi connectivity index (χ3n) is 4.79. The number of benzene rings is 1. The van der Waals surface area contributed by atoms with Gasteiger partial charge in [-0.15, -0.1) is 0 Å². The number of nitrogens with zero attached hydrogens (tertiary/aromatic N) is 2. The summed E-state index contributed by atoms with van der Waals surface area (Å²) in [5.41, 5.74) is 0.685. The highest BCUT2D eigenvalue weighted by molar-refractivity contribution is 6.30. The van der Waals surface area contributed by atoms with Crippen LogP contribution in [0.2, 0.25) is 5.02 Å². The molecule has 2 saturated heterocycles. The SMILES string of the molecule is C[C@@H]1CN(C2CCN(C(=O)c3cccc(Cl)c3)CC2)C[C@H](C)O1. The number of halogens is 1. The van der Waals surface area contributed by atoms with Crippen LogP contribution in [-0.4, -0.2) is 60.1 Å². The molecule has 0 unspecified atom stereocenters. The first kappa shape index (κ1) is 16.7. The van der Waals surface area contributed by atoms with Crippen molar-refractivity contribution in [2.24, 2.45) is 0 Å². The Morgan fingerprint density at radius 2 is 1.83 bits per heavy atom. The first-order valence-electron chi connectivity index (χ1n) is 8.47. The quantitative estimate of drug-likeness (QED) is 0.832. The fourth-order valence-electron chi connectivity index (χ4n) is 3.75. The lowest BCUT2D eigenvalue weighted by molar-refractivity contribution is -0.0856. The minimum atomic E-state index is 0.0923. The van der Waals surface area contributed by atoms with Crippen molar-refractivity contribution in [3.8, 4) is 0 Å². The average Bonchev–Trinajstić information content (AvgIpc) is 2.53. The zero-order chi connectivity index (χ0) is 16.4. The van der Waals surface area contributed by atoms with Gasteiger partial charge in [0, 0.05) is 42.8 Å². The van der Waals surface area contributed by atoms with Gasteiger partial charge >= 0.3 is 0 Å². The van der Waals surface area contributed by atoms with Gasteiger partial charge < -0.3 is 9.64 Å². The van der Waals surface area contributed by atoms with Gasteiger partial charge in [0.05, 0.1) is 12.2 Å². The van der Waals surface area contributed by atoms with Crippen LogP contribution in [0.5, 0.6) is 0 Å². The molecule has 1 amide bonds. The zero-order valence-electron chi connectivity index (χ0n) is 13.9. The van der Waals surface area contributed by atoms with Crippen LogP contribution in [0.25, 0.3) is 0 Å². The van der Waals surface area contributed by atoms with E-state index < -0.39 is 0 Å². The largest absolute Gasteiger partial charge is 0.373 e. The van der Waals surface area contributed by atoms with Crippen molar-refractivity contribution in [2.75, 3.05) is 26.2 Å². The van der Waals surface area contributed by atoms with Crippen LogP contribution in [-0.2, 0) is 4.74 Å². The molecule has 2 aliphatic heterocycles. The summed E-state index contributed by atoms with van der Waals surface area (Å²) in [7, 11) is 0. The minimum absolute atomic E-state index is 0.0923. The van der Waals surface area contributed by atoms with Crippen LogP contribution < -0.4 is 0 Å². The Kier molecular flexibility index (Phi) is 5.24. The summed E-state index contributed by atoms with van der Waals surface area (Å²) < 4.78 is 5.82. The third kappa shape index (κ3) is 4.06. The third-order valence-corrected chi connectivity index (χ3v) is 5.02. The van der Waals surface area contributed by atoms with Crippen molar-refractivity contribution in [2.45, 2.75) is 44.9 Å². The first-order valence-corrected chi connectivity index (χ1v) is 8.85. The second kappa shape index (κ2) is 7.20. The Hall–Kier alpha value is -1.10. The van der Waals surface area contributed by atoms with E-state index >= 15 is 0 Å². The maximum atomic E-state index is 12.6. The van der Waals surface area contributed by atoms with Gasteiger partial charge in [-0.3, -0.25) is 9.69 Å². The van der Waals surface area contributed by atoms with E-state index in [1.807, 2.05) is 17.0 Å². The molecule has 2 fully saturated rings. The summed E-state index contributed by atoms with van der Waals surface area (Å²) in [6.45, 7) is 7.90. The highest BCUT2D eigenvalue weighted by Gasteiger charge is 2.31. The van der Waals surface area contributed by atoms with Crippen molar-refractivity contribution >= 4 is 17.5 Å². The molecule has 126 valence electrons. The molecule has 2 atom stereocenters. The van der Waals surface area contributed by atoms with Gasteiger partial charge in [0.1, 0.15) is 0 Å². The second-order valence-electron chi connectivity index (χ2n) is 6.74. The summed E-state index contributed by atoms with van der Waals surface area (Å²) in [5.74, 6) is 0.0923. The number of rotatable bonds is 2. The lowest BCUT2D eigenvalue weighted by atomic mass is 10.0. The monoisotopic (exact) mass is 336 g/mol. The average molecular weight is 337 g/mol. The summed E-state index contributed by atoms with van der Waals surface area (Å²) in [5, 5.41) is 0.613. The molecular weight excluding hydrogens is 312 g/mol. The molecule has 5 heteroatoms. The Balaban J connectivity index is 1.57. The van der Waals surface area contributed by atoms with Gasteiger partial charge in [0.2, 0.25) is 0 Å². The normalized spacial score (nSPS) is 27.2. The maximum Gasteiger partial charge on any atom is 0.253 e. The Bertz CT molecular complexity index is 548. The van der Waals surface area contributed by atoms with Crippen LogP contribution in [0, 0.1) is 0 Å². The van der Waals surface area contributed by atoms with E-state index in [2.05, 4.69) is 18.7 Å². The number of likely N-dealkylation sites (tertiary alicyclic amines) is 1. The van der Waals surface area contributed by atoms with E-state index in [0.717, 1.165) is 39.0 Å². The summed E-state index contributed by atoms with van der Waals surface area (Å²) in [4.78, 5) is 17.1. The number of carbonyl (C=O) groups is 1. The number of hydrogen-bond donors (Lipinski definition) is 0. The molecule has 4 nitrogen and oxygen atoms in total. The summed E-state index contributed by atoms with van der Waals surface area (Å²) >= 11 is 5.99. The predicted molar refractivity (Wildman–Crippen MR) is 92.0 cm³/mol. The van der Waals surface area contributed by atoms with E-state index in [9.17, 15) is 4.79 Å². The van der Waals surface area contributed by atoms with Crippen LogP contribution in [0.3, 0.4) is 0 Å². The van der Waals surface area contributed by atoms with E-state index in [-0.39, 0.29) is 5.91 Å². The van der Waals surface area contributed by atoms with E-state index in [0.29, 0.717) is 28.8 Å². The first-order chi connectivity index (χ1) is 11.0. The number of ether oxygens (including phenoxy) is 1. The second-order valence-corrected chi connectivity index (χ2v) is 7.18. The van der Waals surface area contributed by atoms with Gasteiger partial charge in [-0.25, -0.2) is 0 Å². The van der Waals surface area contributed by atoms with E-state index in [1.54, 1.807) is 12.1 Å². The molecule has 23 heavy (non-hydrogen) atoms. The molecule has 2 heterocycles. The number of morpholine rings is 1. The Morgan fingerprint density at radius 3 is 2.43 bits per heavy atom. The van der Waals surface area contributed by atoms with Crippen molar-refractivity contribution in [1.82, 2.24) is 9.80 Å². The lowest BCUT2D eigenvalue weighted by Gasteiger charge is -2.43. The maximum absolute atomic E-state index is 12.6. The Morgan fingerprint density at radius 1 is 1.17 bits per heavy atom. The van der Waals surface area contributed by atoms with Crippen molar-refractivity contribution < 1.29 is 9.53 Å². The molecule has 0 spiro atoms. The minimum Gasteiger partial charge on any atom is -0.373 e. The molecule has 3 rings (SSSR count). The Labute approximate surface area is 143 Å². The van der Waals surface area contributed by atoms with Crippen molar-refractivity contribution in [3.05, 3.63) is 34.9 Å². The summed E-state index contributed by atoms with van der Waals surface area (Å²) in [6.07, 6.45) is 2.66. The van der Waals surface area contributed by atoms with Crippen molar-refractivity contribution in [1.29, 1.82) is 0 Å². The molecule has 0 saturated carbocycles. The van der Waals surface area contributed by atoms with Crippen LogP contribution in [0.15, 0.2) is 24.3 Å². The molecule has 0 aromatic heterocycles. The summed E-state index contributed by atoms with van der Waals surface area (Å²) in [6, 6.07) is 7.78. The number of hydrogen-bond acceptors (Lipinski definition) is 3. The molecule has 0 N–H and O–H groups in total. The van der Waals surface area contributed by atoms with Crippen LogP contribution in [0.4, 0.5) is 0 Å². The smallest absolute Gasteiger partial charge is 0.253 e. The van der Waals surface area contributed by atoms with Gasteiger partial charge in [-0.2, -0.15) is 0 Å². The lowest BCUT2D eigenvalue weighted by Crippen LogP contribution is -2.53. The standard InChI is InChI=1S/C18H25ClN2O2/c1-13-11-21(12-14(2)23-13)17-6-8-20(9-7-17)18(22)15-4-3-5-16(19)10-15/h3-5,10,13-14,17H,6-9,11-12H2,1-2H3/t13-,14+. The van der Waals surface area contributed by atoms with Gasteiger partial charge in [-0.05, 0) is 44.9 Å². The fourth-order valence-corrected chi connectivity index (χ4v) is 3.94. The molecule has 1 aromatic carbocycles. The topological polar surface area (TPSA) is 32.8 Å². The zero-order valence-corrected chi connectivity index (χ0v) is 14.6.